The van der Waals surface area contributed by atoms with Gasteiger partial charge in [-0.2, -0.15) is 13.5 Å². The number of benzene rings is 4. The lowest BCUT2D eigenvalue weighted by Gasteiger charge is -2.08. The zero-order valence-electron chi connectivity index (χ0n) is 15.2. The van der Waals surface area contributed by atoms with Crippen molar-refractivity contribution in [3.63, 3.8) is 0 Å². The molecule has 8 nitrogen and oxygen atoms in total. The number of carboxylic acids is 1. The van der Waals surface area contributed by atoms with Crippen LogP contribution in [0.15, 0.2) is 81.9 Å². The number of carbonyl (C=O) groups is 1. The Bertz CT molecular complexity index is 1460. The number of hydrogen-bond acceptors (Lipinski definition) is 6. The van der Waals surface area contributed by atoms with Gasteiger partial charge in [0.1, 0.15) is 16.3 Å². The minimum absolute atomic E-state index is 0.0643. The summed E-state index contributed by atoms with van der Waals surface area (Å²) < 4.78 is 32.7. The number of aromatic hydroxyl groups is 1. The van der Waals surface area contributed by atoms with Gasteiger partial charge in [-0.25, -0.2) is 4.79 Å². The Labute approximate surface area is 170 Å². The lowest BCUT2D eigenvalue weighted by Crippen LogP contribution is -1.98. The number of rotatable bonds is 4. The fraction of sp³-hybridized carbons (Fsp3) is 0. The fourth-order valence-electron chi connectivity index (χ4n) is 3.25. The molecule has 0 heterocycles. The molecule has 0 radical (unpaired) electrons. The van der Waals surface area contributed by atoms with Gasteiger partial charge in [0, 0.05) is 10.8 Å². The molecule has 0 saturated heterocycles. The molecule has 0 amide bonds. The van der Waals surface area contributed by atoms with Crippen molar-refractivity contribution in [3.05, 3.63) is 72.3 Å². The van der Waals surface area contributed by atoms with E-state index in [0.717, 1.165) is 6.07 Å². The monoisotopic (exact) mass is 422 g/mol. The summed E-state index contributed by atoms with van der Waals surface area (Å²) in [6.07, 6.45) is 0. The molecular formula is C21H14N2O6S. The van der Waals surface area contributed by atoms with Crippen molar-refractivity contribution in [2.24, 2.45) is 10.2 Å². The predicted molar refractivity (Wildman–Crippen MR) is 111 cm³/mol. The van der Waals surface area contributed by atoms with E-state index >= 15 is 0 Å². The molecule has 4 rings (SSSR count). The zero-order valence-corrected chi connectivity index (χ0v) is 16.0. The Hall–Kier alpha value is -3.82. The van der Waals surface area contributed by atoms with Crippen molar-refractivity contribution >= 4 is 49.0 Å². The standard InChI is InChI=1S/C21H14N2O6S/c24-18-11-17(21(25)26)14-5-1-2-6-15(14)20(18)23-22-13-9-8-12-4-3-7-19(16(12)10-13)30(27,28)29/h1-11,24H,(H,25,26)(H,27,28,29). The Morgan fingerprint density at radius 1 is 0.833 bits per heavy atom. The Kier molecular flexibility index (Phi) is 4.69. The van der Waals surface area contributed by atoms with Gasteiger partial charge in [-0.1, -0.05) is 42.5 Å². The molecule has 0 bridgehead atoms. The van der Waals surface area contributed by atoms with Crippen LogP contribution in [0.1, 0.15) is 10.4 Å². The van der Waals surface area contributed by atoms with Crippen LogP contribution in [0.4, 0.5) is 11.4 Å². The highest BCUT2D eigenvalue weighted by atomic mass is 32.2. The molecule has 0 aliphatic carbocycles. The molecule has 0 aliphatic rings. The maximum absolute atomic E-state index is 11.6. The summed E-state index contributed by atoms with van der Waals surface area (Å²) in [5.41, 5.74) is 0.300. The lowest BCUT2D eigenvalue weighted by atomic mass is 10.0. The number of phenols is 1. The Balaban J connectivity index is 1.86. The van der Waals surface area contributed by atoms with Crippen LogP contribution in [-0.4, -0.2) is 29.2 Å². The molecule has 30 heavy (non-hydrogen) atoms. The van der Waals surface area contributed by atoms with E-state index in [0.29, 0.717) is 16.2 Å². The maximum Gasteiger partial charge on any atom is 0.336 e. The van der Waals surface area contributed by atoms with Crippen LogP contribution >= 0.6 is 0 Å². The number of fused-ring (bicyclic) bond motifs is 2. The second-order valence-electron chi connectivity index (χ2n) is 6.48. The first-order valence-corrected chi connectivity index (χ1v) is 10.1. The SMILES string of the molecule is O=C(O)c1cc(O)c(N=Nc2ccc3cccc(S(=O)(=O)O)c3c2)c2ccccc12. The first-order valence-electron chi connectivity index (χ1n) is 8.66. The Morgan fingerprint density at radius 3 is 2.27 bits per heavy atom. The number of azo groups is 1. The predicted octanol–water partition coefficient (Wildman–Crippen LogP) is 5.06. The van der Waals surface area contributed by atoms with Gasteiger partial charge in [0.15, 0.2) is 0 Å². The van der Waals surface area contributed by atoms with Gasteiger partial charge in [0.2, 0.25) is 0 Å². The highest BCUT2D eigenvalue weighted by Crippen LogP contribution is 2.38. The number of carboxylic acid groups (broad SMARTS) is 1. The number of hydrogen-bond donors (Lipinski definition) is 3. The van der Waals surface area contributed by atoms with Crippen molar-refractivity contribution in [1.29, 1.82) is 0 Å². The average Bonchev–Trinajstić information content (AvgIpc) is 2.71. The molecule has 150 valence electrons. The zero-order chi connectivity index (χ0) is 21.5. The second-order valence-corrected chi connectivity index (χ2v) is 7.87. The summed E-state index contributed by atoms with van der Waals surface area (Å²) in [7, 11) is -4.43. The van der Waals surface area contributed by atoms with E-state index in [9.17, 15) is 28.0 Å². The van der Waals surface area contributed by atoms with E-state index in [1.54, 1.807) is 42.5 Å². The van der Waals surface area contributed by atoms with Crippen LogP contribution in [-0.2, 0) is 10.1 Å². The third-order valence-electron chi connectivity index (χ3n) is 4.60. The molecule has 3 N–H and O–H groups in total. The molecule has 0 fully saturated rings. The third-order valence-corrected chi connectivity index (χ3v) is 5.51. The van der Waals surface area contributed by atoms with Crippen LogP contribution in [0, 0.1) is 0 Å². The van der Waals surface area contributed by atoms with E-state index in [2.05, 4.69) is 10.2 Å². The van der Waals surface area contributed by atoms with Gasteiger partial charge >= 0.3 is 5.97 Å². The van der Waals surface area contributed by atoms with Crippen molar-refractivity contribution in [2.45, 2.75) is 4.90 Å². The molecule has 9 heteroatoms. The fourth-order valence-corrected chi connectivity index (χ4v) is 3.96. The maximum atomic E-state index is 11.6. The van der Waals surface area contributed by atoms with Gasteiger partial charge < -0.3 is 10.2 Å². The smallest absolute Gasteiger partial charge is 0.336 e. The van der Waals surface area contributed by atoms with Crippen molar-refractivity contribution in [1.82, 2.24) is 0 Å². The molecular weight excluding hydrogens is 408 g/mol. The summed E-state index contributed by atoms with van der Waals surface area (Å²) >= 11 is 0. The highest BCUT2D eigenvalue weighted by Gasteiger charge is 2.16. The first kappa shape index (κ1) is 19.5. The minimum Gasteiger partial charge on any atom is -0.506 e. The number of aromatic carboxylic acids is 1. The van der Waals surface area contributed by atoms with E-state index in [1.807, 2.05) is 0 Å². The molecule has 0 aliphatic heterocycles. The normalized spacial score (nSPS) is 12.0. The summed E-state index contributed by atoms with van der Waals surface area (Å²) in [5.74, 6) is -1.54. The summed E-state index contributed by atoms with van der Waals surface area (Å²) in [5, 5.41) is 29.5. The van der Waals surface area contributed by atoms with Gasteiger partial charge in [-0.15, -0.1) is 5.11 Å². The first-order chi connectivity index (χ1) is 14.3. The van der Waals surface area contributed by atoms with E-state index in [1.165, 1.54) is 18.2 Å². The molecule has 0 aromatic heterocycles. The quantitative estimate of drug-likeness (QED) is 0.311. The van der Waals surface area contributed by atoms with Gasteiger partial charge in [-0.3, -0.25) is 4.55 Å². The minimum atomic E-state index is -4.43. The summed E-state index contributed by atoms with van der Waals surface area (Å²) in [4.78, 5) is 11.2. The lowest BCUT2D eigenvalue weighted by molar-refractivity contribution is 0.0698. The topological polar surface area (TPSA) is 137 Å². The second kappa shape index (κ2) is 7.21. The van der Waals surface area contributed by atoms with Crippen molar-refractivity contribution < 1.29 is 28.0 Å². The molecule has 0 saturated carbocycles. The van der Waals surface area contributed by atoms with Gasteiger partial charge in [0.05, 0.1) is 11.3 Å². The van der Waals surface area contributed by atoms with E-state index < -0.39 is 16.1 Å². The molecule has 4 aromatic carbocycles. The van der Waals surface area contributed by atoms with Crippen molar-refractivity contribution in [3.8, 4) is 5.75 Å². The Morgan fingerprint density at radius 2 is 1.57 bits per heavy atom. The molecule has 0 atom stereocenters. The van der Waals surface area contributed by atoms with Crippen LogP contribution < -0.4 is 0 Å². The van der Waals surface area contributed by atoms with Crippen LogP contribution in [0.25, 0.3) is 21.5 Å². The third kappa shape index (κ3) is 3.47. The van der Waals surface area contributed by atoms with Gasteiger partial charge in [0.25, 0.3) is 10.1 Å². The number of nitrogens with zero attached hydrogens (tertiary/aromatic N) is 2. The van der Waals surface area contributed by atoms with Gasteiger partial charge in [-0.05, 0) is 35.0 Å². The molecule has 4 aromatic rings. The van der Waals surface area contributed by atoms with E-state index in [-0.39, 0.29) is 33.0 Å². The van der Waals surface area contributed by atoms with Crippen molar-refractivity contribution in [2.75, 3.05) is 0 Å². The van der Waals surface area contributed by atoms with Crippen LogP contribution in [0.3, 0.4) is 0 Å². The van der Waals surface area contributed by atoms with Crippen LogP contribution in [0.5, 0.6) is 5.75 Å². The van der Waals surface area contributed by atoms with Crippen LogP contribution in [0.2, 0.25) is 0 Å². The van der Waals surface area contributed by atoms with E-state index in [4.69, 9.17) is 0 Å². The molecule has 0 spiro atoms. The molecule has 0 unspecified atom stereocenters. The summed E-state index contributed by atoms with van der Waals surface area (Å²) in [6.45, 7) is 0. The highest BCUT2D eigenvalue weighted by molar-refractivity contribution is 7.86. The summed E-state index contributed by atoms with van der Waals surface area (Å²) in [6, 6.07) is 16.8. The largest absolute Gasteiger partial charge is 0.506 e. The average molecular weight is 422 g/mol. The number of phenolic OH excluding ortho intramolecular Hbond substituents is 1.